The van der Waals surface area contributed by atoms with E-state index in [9.17, 15) is 4.39 Å². The van der Waals surface area contributed by atoms with Gasteiger partial charge in [0.05, 0.1) is 0 Å². The first kappa shape index (κ1) is 8.05. The zero-order chi connectivity index (χ0) is 9.10. The smallest absolute Gasteiger partial charge is 0.126 e. The van der Waals surface area contributed by atoms with Crippen molar-refractivity contribution in [3.8, 4) is 0 Å². The summed E-state index contributed by atoms with van der Waals surface area (Å²) in [6.07, 6.45) is 5.73. The lowest BCUT2D eigenvalue weighted by molar-refractivity contribution is 0.316. The molecule has 0 saturated heterocycles. The Bertz CT molecular complexity index is 349. The summed E-state index contributed by atoms with van der Waals surface area (Å²) in [5.41, 5.74) is 0.908. The van der Waals surface area contributed by atoms with Gasteiger partial charge >= 0.3 is 0 Å². The van der Waals surface area contributed by atoms with Crippen molar-refractivity contribution in [1.82, 2.24) is 0 Å². The maximum atomic E-state index is 12.6. The van der Waals surface area contributed by atoms with Crippen LogP contribution in [0.4, 0.5) is 4.39 Å². The van der Waals surface area contributed by atoms with E-state index < -0.39 is 0 Å². The molecule has 0 bridgehead atoms. The molecule has 66 valence electrons. The first-order valence-corrected chi connectivity index (χ1v) is 4.12. The van der Waals surface area contributed by atoms with Crippen molar-refractivity contribution in [2.24, 2.45) is 0 Å². The van der Waals surface area contributed by atoms with Crippen LogP contribution in [-0.4, -0.2) is 6.61 Å². The summed E-state index contributed by atoms with van der Waals surface area (Å²) in [4.78, 5) is 0. The Hall–Kier alpha value is -1.57. The molecular formula is C11H9FO. The lowest BCUT2D eigenvalue weighted by atomic mass is 10.1. The monoisotopic (exact) mass is 176 g/mol. The molecule has 0 aromatic heterocycles. The molecule has 0 unspecified atom stereocenters. The number of hydrogen-bond acceptors (Lipinski definition) is 1. The first-order valence-electron chi connectivity index (χ1n) is 4.12. The van der Waals surface area contributed by atoms with E-state index in [1.54, 1.807) is 12.1 Å². The molecule has 0 saturated carbocycles. The molecule has 0 aliphatic carbocycles. The van der Waals surface area contributed by atoms with Gasteiger partial charge in [-0.1, -0.05) is 6.08 Å². The van der Waals surface area contributed by atoms with Gasteiger partial charge in [0.2, 0.25) is 0 Å². The van der Waals surface area contributed by atoms with Crippen molar-refractivity contribution in [3.05, 3.63) is 53.9 Å². The quantitative estimate of drug-likeness (QED) is 0.639. The summed E-state index contributed by atoms with van der Waals surface area (Å²) in [6, 6.07) is 6.27. The third-order valence-corrected chi connectivity index (χ3v) is 1.85. The van der Waals surface area contributed by atoms with Crippen molar-refractivity contribution in [3.63, 3.8) is 0 Å². The summed E-state index contributed by atoms with van der Waals surface area (Å²) < 4.78 is 17.9. The normalized spacial score (nSPS) is 15.0. The molecule has 2 heteroatoms. The van der Waals surface area contributed by atoms with Crippen LogP contribution in [0.3, 0.4) is 0 Å². The predicted molar refractivity (Wildman–Crippen MR) is 49.5 cm³/mol. The third kappa shape index (κ3) is 1.78. The topological polar surface area (TPSA) is 9.23 Å². The van der Waals surface area contributed by atoms with E-state index in [0.29, 0.717) is 6.61 Å². The minimum atomic E-state index is -0.226. The molecule has 0 N–H and O–H groups in total. The van der Waals surface area contributed by atoms with E-state index in [-0.39, 0.29) is 5.82 Å². The minimum absolute atomic E-state index is 0.226. The van der Waals surface area contributed by atoms with E-state index in [4.69, 9.17) is 4.74 Å². The Morgan fingerprint density at radius 1 is 1.15 bits per heavy atom. The van der Waals surface area contributed by atoms with Crippen LogP contribution in [0.15, 0.2) is 42.5 Å². The van der Waals surface area contributed by atoms with Gasteiger partial charge in [-0.25, -0.2) is 4.39 Å². The molecule has 1 aliphatic heterocycles. The van der Waals surface area contributed by atoms with E-state index in [1.807, 2.05) is 18.2 Å². The number of hydrogen-bond donors (Lipinski definition) is 0. The Morgan fingerprint density at radius 2 is 1.92 bits per heavy atom. The van der Waals surface area contributed by atoms with Crippen LogP contribution in [0.25, 0.3) is 5.76 Å². The molecule has 0 radical (unpaired) electrons. The maximum absolute atomic E-state index is 12.6. The highest BCUT2D eigenvalue weighted by atomic mass is 19.1. The standard InChI is InChI=1S/C11H9FO/c12-10-6-4-9(5-7-10)11-3-1-2-8-13-11/h1-7H,8H2. The van der Waals surface area contributed by atoms with Gasteiger partial charge in [0.25, 0.3) is 0 Å². The molecule has 1 nitrogen and oxygen atoms in total. The van der Waals surface area contributed by atoms with E-state index in [1.165, 1.54) is 12.1 Å². The molecular weight excluding hydrogens is 167 g/mol. The van der Waals surface area contributed by atoms with E-state index in [2.05, 4.69) is 0 Å². The second-order valence-corrected chi connectivity index (χ2v) is 2.78. The van der Waals surface area contributed by atoms with Crippen LogP contribution in [-0.2, 0) is 4.74 Å². The van der Waals surface area contributed by atoms with Crippen LogP contribution >= 0.6 is 0 Å². The molecule has 0 atom stereocenters. The summed E-state index contributed by atoms with van der Waals surface area (Å²) in [5.74, 6) is 0.568. The van der Waals surface area contributed by atoms with Gasteiger partial charge in [0, 0.05) is 5.56 Å². The van der Waals surface area contributed by atoms with E-state index in [0.717, 1.165) is 11.3 Å². The molecule has 0 amide bonds. The Labute approximate surface area is 76.2 Å². The molecule has 13 heavy (non-hydrogen) atoms. The van der Waals surface area contributed by atoms with Crippen LogP contribution in [0.1, 0.15) is 5.56 Å². The fraction of sp³-hybridized carbons (Fsp3) is 0.0909. The number of allylic oxidation sites excluding steroid dienone is 2. The lowest BCUT2D eigenvalue weighted by Crippen LogP contribution is -1.95. The van der Waals surface area contributed by atoms with Crippen LogP contribution in [0.2, 0.25) is 0 Å². The van der Waals surface area contributed by atoms with Crippen molar-refractivity contribution >= 4 is 5.76 Å². The van der Waals surface area contributed by atoms with E-state index >= 15 is 0 Å². The summed E-state index contributed by atoms with van der Waals surface area (Å²) in [6.45, 7) is 0.587. The van der Waals surface area contributed by atoms with Crippen molar-refractivity contribution < 1.29 is 9.13 Å². The van der Waals surface area contributed by atoms with Gasteiger partial charge in [-0.2, -0.15) is 0 Å². The fourth-order valence-electron chi connectivity index (χ4n) is 1.19. The average Bonchev–Trinajstić information content (AvgIpc) is 2.20. The highest BCUT2D eigenvalue weighted by Crippen LogP contribution is 2.18. The Kier molecular flexibility index (Phi) is 2.13. The average molecular weight is 176 g/mol. The van der Waals surface area contributed by atoms with Gasteiger partial charge in [-0.05, 0) is 36.4 Å². The zero-order valence-electron chi connectivity index (χ0n) is 7.03. The van der Waals surface area contributed by atoms with Crippen LogP contribution in [0, 0.1) is 5.82 Å². The third-order valence-electron chi connectivity index (χ3n) is 1.85. The number of rotatable bonds is 1. The van der Waals surface area contributed by atoms with Gasteiger partial charge < -0.3 is 4.74 Å². The first-order chi connectivity index (χ1) is 6.36. The van der Waals surface area contributed by atoms with Gasteiger partial charge in [-0.15, -0.1) is 0 Å². The SMILES string of the molecule is Fc1ccc(C2=CC=CCO2)cc1. The highest BCUT2D eigenvalue weighted by Gasteiger charge is 2.03. The number of benzene rings is 1. The fourth-order valence-corrected chi connectivity index (χ4v) is 1.19. The molecule has 1 aromatic rings. The largest absolute Gasteiger partial charge is 0.489 e. The van der Waals surface area contributed by atoms with Crippen molar-refractivity contribution in [2.75, 3.05) is 6.61 Å². The minimum Gasteiger partial charge on any atom is -0.489 e. The maximum Gasteiger partial charge on any atom is 0.126 e. The summed E-state index contributed by atoms with van der Waals surface area (Å²) in [7, 11) is 0. The van der Waals surface area contributed by atoms with Gasteiger partial charge in [0.15, 0.2) is 0 Å². The van der Waals surface area contributed by atoms with Crippen LogP contribution in [0.5, 0.6) is 0 Å². The Balaban J connectivity index is 2.30. The summed E-state index contributed by atoms with van der Waals surface area (Å²) in [5, 5.41) is 0. The second-order valence-electron chi connectivity index (χ2n) is 2.78. The Morgan fingerprint density at radius 3 is 2.54 bits per heavy atom. The molecule has 0 spiro atoms. The lowest BCUT2D eigenvalue weighted by Gasteiger charge is -2.10. The highest BCUT2D eigenvalue weighted by molar-refractivity contribution is 5.62. The van der Waals surface area contributed by atoms with Gasteiger partial charge in [0.1, 0.15) is 18.2 Å². The summed E-state index contributed by atoms with van der Waals surface area (Å²) >= 11 is 0. The zero-order valence-corrected chi connectivity index (χ0v) is 7.03. The molecule has 1 heterocycles. The number of ether oxygens (including phenoxy) is 1. The second kappa shape index (κ2) is 3.44. The number of halogens is 1. The molecule has 1 aliphatic rings. The molecule has 1 aromatic carbocycles. The predicted octanol–water partition coefficient (Wildman–Crippen LogP) is 2.75. The van der Waals surface area contributed by atoms with Gasteiger partial charge in [-0.3, -0.25) is 0 Å². The molecule has 2 rings (SSSR count). The van der Waals surface area contributed by atoms with Crippen LogP contribution < -0.4 is 0 Å². The van der Waals surface area contributed by atoms with Crippen molar-refractivity contribution in [2.45, 2.75) is 0 Å². The molecule has 0 fully saturated rings. The van der Waals surface area contributed by atoms with Crippen molar-refractivity contribution in [1.29, 1.82) is 0 Å².